The summed E-state index contributed by atoms with van der Waals surface area (Å²) in [5.41, 5.74) is -0.956. The monoisotopic (exact) mass is 545 g/mol. The standard InChI is InChI=1S/C24H25F2N7O4S/c1-6-15(34)9-32-22(36)18-19(31(5)23(32)37)28-11-33(18)13(3)20(35)29-17-10-38-21(30-17)14-7-16(24(4,25)26)12(2)27-8-14/h7-8,10-11,13H,6,9H2,1-5H3,(H,29,35)/t13-/m0/s1. The quantitative estimate of drug-likeness (QED) is 0.360. The van der Waals surface area contributed by atoms with E-state index in [-0.39, 0.29) is 47.0 Å². The number of thiazole rings is 1. The van der Waals surface area contributed by atoms with Gasteiger partial charge in [-0.2, -0.15) is 0 Å². The van der Waals surface area contributed by atoms with Crippen molar-refractivity contribution in [1.29, 1.82) is 0 Å². The van der Waals surface area contributed by atoms with E-state index in [9.17, 15) is 28.0 Å². The van der Waals surface area contributed by atoms with Gasteiger partial charge in [0, 0.05) is 48.8 Å². The van der Waals surface area contributed by atoms with Crippen molar-refractivity contribution in [2.24, 2.45) is 7.05 Å². The van der Waals surface area contributed by atoms with E-state index < -0.39 is 29.1 Å². The highest BCUT2D eigenvalue weighted by molar-refractivity contribution is 7.13. The zero-order chi connectivity index (χ0) is 27.9. The fourth-order valence-electron chi connectivity index (χ4n) is 3.93. The van der Waals surface area contributed by atoms with Crippen LogP contribution in [0.3, 0.4) is 0 Å². The minimum absolute atomic E-state index is 0.00336. The largest absolute Gasteiger partial charge is 0.332 e. The molecule has 1 amide bonds. The van der Waals surface area contributed by atoms with Crippen LogP contribution in [0.5, 0.6) is 0 Å². The highest BCUT2D eigenvalue weighted by atomic mass is 32.1. The molecule has 4 aromatic heterocycles. The molecule has 4 rings (SSSR count). The first kappa shape index (κ1) is 27.0. The molecule has 4 aromatic rings. The summed E-state index contributed by atoms with van der Waals surface area (Å²) in [6.45, 7) is 5.08. The van der Waals surface area contributed by atoms with Crippen molar-refractivity contribution in [2.75, 3.05) is 5.32 Å². The number of imidazole rings is 1. The first-order valence-corrected chi connectivity index (χ1v) is 12.5. The molecule has 0 saturated carbocycles. The first-order valence-electron chi connectivity index (χ1n) is 11.6. The number of nitrogens with zero attached hydrogens (tertiary/aromatic N) is 6. The average Bonchev–Trinajstić information content (AvgIpc) is 3.52. The second-order valence-corrected chi connectivity index (χ2v) is 9.76. The van der Waals surface area contributed by atoms with E-state index in [2.05, 4.69) is 20.3 Å². The number of ketones is 1. The second-order valence-electron chi connectivity index (χ2n) is 8.90. The molecule has 0 fully saturated rings. The SMILES string of the molecule is CCC(=O)Cn1c(=O)c2c(ncn2[C@@H](C)C(=O)Nc2csc(-c3cnc(C)c(C(C)(F)F)c3)n2)n(C)c1=O. The number of aromatic nitrogens is 6. The Morgan fingerprint density at radius 2 is 1.95 bits per heavy atom. The average molecular weight is 546 g/mol. The van der Waals surface area contributed by atoms with Gasteiger partial charge in [0.2, 0.25) is 5.91 Å². The van der Waals surface area contributed by atoms with E-state index in [1.54, 1.807) is 12.3 Å². The van der Waals surface area contributed by atoms with Crippen LogP contribution in [0.15, 0.2) is 33.6 Å². The molecule has 0 unspecified atom stereocenters. The molecule has 0 aliphatic heterocycles. The van der Waals surface area contributed by atoms with Crippen molar-refractivity contribution in [1.82, 2.24) is 28.7 Å². The number of carbonyl (C=O) groups is 2. The van der Waals surface area contributed by atoms with Crippen molar-refractivity contribution in [3.63, 3.8) is 0 Å². The minimum atomic E-state index is -3.07. The number of rotatable bonds is 8. The molecular weight excluding hydrogens is 520 g/mol. The van der Waals surface area contributed by atoms with Gasteiger partial charge in [0.25, 0.3) is 11.5 Å². The molecule has 14 heteroatoms. The Morgan fingerprint density at radius 1 is 1.24 bits per heavy atom. The van der Waals surface area contributed by atoms with E-state index in [0.717, 1.165) is 27.4 Å². The summed E-state index contributed by atoms with van der Waals surface area (Å²) in [5.74, 6) is -3.71. The number of hydrogen-bond donors (Lipinski definition) is 1. The predicted octanol–water partition coefficient (Wildman–Crippen LogP) is 3.01. The number of alkyl halides is 2. The zero-order valence-corrected chi connectivity index (χ0v) is 22.1. The Labute approximate surface area is 218 Å². The Hall–Kier alpha value is -4.07. The number of Topliss-reactive ketones (excluding diaryl/α,β-unsaturated/α-hetero) is 1. The number of anilines is 1. The van der Waals surface area contributed by atoms with Gasteiger partial charge in [0.15, 0.2) is 16.9 Å². The molecule has 4 heterocycles. The molecule has 0 spiro atoms. The van der Waals surface area contributed by atoms with E-state index >= 15 is 0 Å². The smallest absolute Gasteiger partial charge is 0.312 e. The lowest BCUT2D eigenvalue weighted by Gasteiger charge is -2.14. The molecule has 0 saturated heterocycles. The Balaban J connectivity index is 1.63. The molecular formula is C24H25F2N7O4S. The minimum Gasteiger partial charge on any atom is -0.312 e. The van der Waals surface area contributed by atoms with Gasteiger partial charge in [0.1, 0.15) is 16.9 Å². The summed E-state index contributed by atoms with van der Waals surface area (Å²) < 4.78 is 31.1. The molecule has 0 aromatic carbocycles. The fourth-order valence-corrected chi connectivity index (χ4v) is 4.66. The van der Waals surface area contributed by atoms with E-state index in [0.29, 0.717) is 10.6 Å². The van der Waals surface area contributed by atoms with Gasteiger partial charge in [-0.3, -0.25) is 28.5 Å². The van der Waals surface area contributed by atoms with Gasteiger partial charge >= 0.3 is 5.69 Å². The summed E-state index contributed by atoms with van der Waals surface area (Å²) >= 11 is 1.14. The Bertz CT molecular complexity index is 1680. The third kappa shape index (κ3) is 4.90. The number of fused-ring (bicyclic) bond motifs is 1. The molecule has 1 N–H and O–H groups in total. The highest BCUT2D eigenvalue weighted by Gasteiger charge is 2.28. The number of carbonyl (C=O) groups excluding carboxylic acids is 2. The topological polar surface area (TPSA) is 134 Å². The Kier molecular flexibility index (Phi) is 7.10. The maximum Gasteiger partial charge on any atom is 0.332 e. The second kappa shape index (κ2) is 10.0. The maximum atomic E-state index is 13.9. The molecule has 0 bridgehead atoms. The molecule has 0 radical (unpaired) electrons. The van der Waals surface area contributed by atoms with Crippen molar-refractivity contribution >= 4 is 40.0 Å². The lowest BCUT2D eigenvalue weighted by Crippen LogP contribution is -2.41. The van der Waals surface area contributed by atoms with E-state index in [1.165, 1.54) is 44.1 Å². The van der Waals surface area contributed by atoms with Crippen LogP contribution in [0.1, 0.15) is 44.5 Å². The summed E-state index contributed by atoms with van der Waals surface area (Å²) in [6.07, 6.45) is 2.87. The van der Waals surface area contributed by atoms with Gasteiger partial charge in [-0.25, -0.2) is 23.5 Å². The summed E-state index contributed by atoms with van der Waals surface area (Å²) in [7, 11) is 1.43. The summed E-state index contributed by atoms with van der Waals surface area (Å²) in [4.78, 5) is 63.3. The molecule has 0 aliphatic carbocycles. The van der Waals surface area contributed by atoms with Crippen LogP contribution in [0.2, 0.25) is 0 Å². The number of halogens is 2. The Morgan fingerprint density at radius 3 is 2.61 bits per heavy atom. The number of amides is 1. The van der Waals surface area contributed by atoms with Crippen LogP contribution < -0.4 is 16.6 Å². The lowest BCUT2D eigenvalue weighted by molar-refractivity contribution is -0.120. The maximum absolute atomic E-state index is 13.9. The fraction of sp³-hybridized carbons (Fsp3) is 0.375. The van der Waals surface area contributed by atoms with Crippen LogP contribution in [0.4, 0.5) is 14.6 Å². The summed E-state index contributed by atoms with van der Waals surface area (Å²) in [5, 5.41) is 4.60. The third-order valence-corrected chi connectivity index (χ3v) is 7.04. The van der Waals surface area contributed by atoms with Crippen molar-refractivity contribution in [2.45, 2.75) is 52.6 Å². The summed E-state index contributed by atoms with van der Waals surface area (Å²) in [6, 6.07) is 0.378. The number of aryl methyl sites for hydroxylation is 2. The van der Waals surface area contributed by atoms with Gasteiger partial charge in [-0.15, -0.1) is 11.3 Å². The molecule has 0 aliphatic rings. The van der Waals surface area contributed by atoms with Gasteiger partial charge in [0.05, 0.1) is 12.9 Å². The molecule has 1 atom stereocenters. The van der Waals surface area contributed by atoms with Crippen LogP contribution >= 0.6 is 11.3 Å². The van der Waals surface area contributed by atoms with E-state index in [1.807, 2.05) is 0 Å². The van der Waals surface area contributed by atoms with Crippen LogP contribution in [0, 0.1) is 6.92 Å². The normalized spacial score (nSPS) is 12.6. The molecule has 200 valence electrons. The lowest BCUT2D eigenvalue weighted by atomic mass is 10.1. The number of nitrogens with one attached hydrogen (secondary N) is 1. The van der Waals surface area contributed by atoms with Gasteiger partial charge in [-0.1, -0.05) is 6.92 Å². The number of hydrogen-bond acceptors (Lipinski definition) is 8. The van der Waals surface area contributed by atoms with Crippen molar-refractivity contribution in [3.05, 3.63) is 56.1 Å². The highest BCUT2D eigenvalue weighted by Crippen LogP contribution is 2.33. The van der Waals surface area contributed by atoms with E-state index in [4.69, 9.17) is 0 Å². The molecule has 38 heavy (non-hydrogen) atoms. The third-order valence-electron chi connectivity index (χ3n) is 6.15. The van der Waals surface area contributed by atoms with Crippen LogP contribution in [0.25, 0.3) is 21.7 Å². The first-order chi connectivity index (χ1) is 17.8. The molecule has 11 nitrogen and oxygen atoms in total. The van der Waals surface area contributed by atoms with Gasteiger partial charge < -0.3 is 9.88 Å². The van der Waals surface area contributed by atoms with Crippen molar-refractivity contribution < 1.29 is 18.4 Å². The zero-order valence-electron chi connectivity index (χ0n) is 21.3. The van der Waals surface area contributed by atoms with Crippen molar-refractivity contribution in [3.8, 4) is 10.6 Å². The van der Waals surface area contributed by atoms with Crippen LogP contribution in [-0.2, 0) is 29.1 Å². The predicted molar refractivity (Wildman–Crippen MR) is 138 cm³/mol. The number of pyridine rings is 1. The van der Waals surface area contributed by atoms with Gasteiger partial charge in [-0.05, 0) is 19.9 Å². The van der Waals surface area contributed by atoms with Crippen LogP contribution in [-0.4, -0.2) is 40.3 Å².